The van der Waals surface area contributed by atoms with Crippen molar-refractivity contribution >= 4 is 23.3 Å². The van der Waals surface area contributed by atoms with E-state index in [2.05, 4.69) is 10.4 Å². The van der Waals surface area contributed by atoms with Gasteiger partial charge in [0.1, 0.15) is 5.56 Å². The first kappa shape index (κ1) is 13.9. The maximum absolute atomic E-state index is 11.1. The molecule has 0 saturated carbocycles. The zero-order valence-electron chi connectivity index (χ0n) is 10.6. The molecule has 2 N–H and O–H groups in total. The number of benzene rings is 1. The van der Waals surface area contributed by atoms with Crippen molar-refractivity contribution in [2.75, 3.05) is 5.32 Å². The molecule has 2 aromatic rings. The molecule has 0 amide bonds. The Kier molecular flexibility index (Phi) is 3.91. The molecule has 1 aromatic carbocycles. The monoisotopic (exact) mass is 290 g/mol. The molecule has 6 nitrogen and oxygen atoms in total. The zero-order chi connectivity index (χ0) is 14.7. The van der Waals surface area contributed by atoms with Gasteiger partial charge in [-0.25, -0.2) is 4.79 Å². The molecule has 0 aliphatic heterocycles. The summed E-state index contributed by atoms with van der Waals surface area (Å²) in [6.07, 6.45) is 1.31. The molecule has 20 heavy (non-hydrogen) atoms. The van der Waals surface area contributed by atoms with Gasteiger partial charge in [-0.15, -0.1) is 0 Å². The lowest BCUT2D eigenvalue weighted by molar-refractivity contribution is 0.0695. The van der Waals surface area contributed by atoms with E-state index in [1.165, 1.54) is 10.9 Å². The average Bonchev–Trinajstić information content (AvgIpc) is 2.78. The molecule has 2 rings (SSSR count). The first-order chi connectivity index (χ1) is 9.52. The topological polar surface area (TPSA) is 90.9 Å². The summed E-state index contributed by atoms with van der Waals surface area (Å²) >= 11 is 6.04. The van der Waals surface area contributed by atoms with Crippen LogP contribution in [0.3, 0.4) is 0 Å². The van der Waals surface area contributed by atoms with Crippen LogP contribution in [-0.4, -0.2) is 20.9 Å². The Hall–Kier alpha value is -2.52. The van der Waals surface area contributed by atoms with Gasteiger partial charge in [0, 0.05) is 7.05 Å². The number of anilines is 1. The van der Waals surface area contributed by atoms with Gasteiger partial charge in [-0.3, -0.25) is 4.68 Å². The summed E-state index contributed by atoms with van der Waals surface area (Å²) in [6, 6.07) is 6.85. The molecule has 102 valence electrons. The number of nitrogens with zero attached hydrogens (tertiary/aromatic N) is 3. The van der Waals surface area contributed by atoms with Gasteiger partial charge >= 0.3 is 5.97 Å². The normalized spacial score (nSPS) is 10.1. The van der Waals surface area contributed by atoms with E-state index in [-0.39, 0.29) is 12.1 Å². The molecular formula is C13H11ClN4O2. The van der Waals surface area contributed by atoms with E-state index in [4.69, 9.17) is 22.0 Å². The van der Waals surface area contributed by atoms with Crippen LogP contribution in [0.4, 0.5) is 5.69 Å². The summed E-state index contributed by atoms with van der Waals surface area (Å²) in [5.41, 5.74) is 1.78. The fraction of sp³-hybridized carbons (Fsp3) is 0.154. The van der Waals surface area contributed by atoms with E-state index < -0.39 is 5.97 Å². The Morgan fingerprint density at radius 1 is 1.60 bits per heavy atom. The van der Waals surface area contributed by atoms with E-state index in [0.717, 1.165) is 0 Å². The second-order valence-electron chi connectivity index (χ2n) is 4.09. The number of aromatic nitrogens is 2. The van der Waals surface area contributed by atoms with Crippen LogP contribution in [0.15, 0.2) is 24.4 Å². The molecule has 7 heteroatoms. The van der Waals surface area contributed by atoms with Gasteiger partial charge in [-0.1, -0.05) is 11.6 Å². The van der Waals surface area contributed by atoms with Crippen molar-refractivity contribution in [1.82, 2.24) is 9.78 Å². The standard InChI is InChI=1S/C13H11ClN4O2/c1-18-12(9(6-17-18)13(19)20)7-16-11-3-2-8(5-15)4-10(11)14/h2-4,6,16H,7H2,1H3,(H,19,20). The minimum Gasteiger partial charge on any atom is -0.478 e. The highest BCUT2D eigenvalue weighted by atomic mass is 35.5. The van der Waals surface area contributed by atoms with Gasteiger partial charge < -0.3 is 10.4 Å². The minimum absolute atomic E-state index is 0.143. The molecule has 0 fully saturated rings. The number of aryl methyl sites for hydroxylation is 1. The van der Waals surface area contributed by atoms with E-state index in [1.807, 2.05) is 6.07 Å². The van der Waals surface area contributed by atoms with Crippen molar-refractivity contribution in [2.45, 2.75) is 6.54 Å². The van der Waals surface area contributed by atoms with E-state index in [0.29, 0.717) is 22.0 Å². The lowest BCUT2D eigenvalue weighted by Crippen LogP contribution is -2.10. The maximum Gasteiger partial charge on any atom is 0.339 e. The second-order valence-corrected chi connectivity index (χ2v) is 4.50. The lowest BCUT2D eigenvalue weighted by Gasteiger charge is -2.09. The van der Waals surface area contributed by atoms with Crippen LogP contribution >= 0.6 is 11.6 Å². The molecule has 0 unspecified atom stereocenters. The predicted molar refractivity (Wildman–Crippen MR) is 73.7 cm³/mol. The third-order valence-electron chi connectivity index (χ3n) is 2.84. The molecular weight excluding hydrogens is 280 g/mol. The van der Waals surface area contributed by atoms with E-state index >= 15 is 0 Å². The number of rotatable bonds is 4. The lowest BCUT2D eigenvalue weighted by atomic mass is 10.2. The maximum atomic E-state index is 11.1. The fourth-order valence-corrected chi connectivity index (χ4v) is 2.01. The summed E-state index contributed by atoms with van der Waals surface area (Å²) in [4.78, 5) is 11.1. The van der Waals surface area contributed by atoms with Crippen molar-refractivity contribution in [1.29, 1.82) is 5.26 Å². The number of carboxylic acids is 1. The number of aromatic carboxylic acids is 1. The van der Waals surface area contributed by atoms with Crippen LogP contribution in [0.1, 0.15) is 21.6 Å². The van der Waals surface area contributed by atoms with Crippen molar-refractivity contribution < 1.29 is 9.90 Å². The van der Waals surface area contributed by atoms with Crippen LogP contribution in [0, 0.1) is 11.3 Å². The molecule has 0 bridgehead atoms. The zero-order valence-corrected chi connectivity index (χ0v) is 11.3. The Morgan fingerprint density at radius 2 is 2.35 bits per heavy atom. The average molecular weight is 291 g/mol. The van der Waals surface area contributed by atoms with Crippen molar-refractivity contribution in [3.63, 3.8) is 0 Å². The minimum atomic E-state index is -1.03. The summed E-state index contributed by atoms with van der Waals surface area (Å²) in [6.45, 7) is 0.268. The van der Waals surface area contributed by atoms with Crippen LogP contribution in [-0.2, 0) is 13.6 Å². The van der Waals surface area contributed by atoms with E-state index in [9.17, 15) is 4.79 Å². The number of carboxylic acid groups (broad SMARTS) is 1. The highest BCUT2D eigenvalue weighted by Crippen LogP contribution is 2.23. The first-order valence-corrected chi connectivity index (χ1v) is 6.08. The van der Waals surface area contributed by atoms with Crippen LogP contribution in [0.2, 0.25) is 5.02 Å². The van der Waals surface area contributed by atoms with Crippen molar-refractivity contribution in [2.24, 2.45) is 7.05 Å². The molecule has 1 aromatic heterocycles. The Morgan fingerprint density at radius 3 is 2.95 bits per heavy atom. The van der Waals surface area contributed by atoms with Crippen molar-refractivity contribution in [3.05, 3.63) is 46.2 Å². The Labute approximate surface area is 120 Å². The number of hydrogen-bond acceptors (Lipinski definition) is 4. The molecule has 0 radical (unpaired) electrons. The van der Waals surface area contributed by atoms with Gasteiger partial charge in [0.05, 0.1) is 40.8 Å². The smallest absolute Gasteiger partial charge is 0.339 e. The fourth-order valence-electron chi connectivity index (χ4n) is 1.76. The van der Waals surface area contributed by atoms with Gasteiger partial charge in [-0.05, 0) is 18.2 Å². The second kappa shape index (κ2) is 5.63. The predicted octanol–water partition coefficient (Wildman–Crippen LogP) is 2.26. The number of hydrogen-bond donors (Lipinski definition) is 2. The molecule has 0 aliphatic carbocycles. The summed E-state index contributed by atoms with van der Waals surface area (Å²) in [5, 5.41) is 25.2. The van der Waals surface area contributed by atoms with Crippen molar-refractivity contribution in [3.8, 4) is 6.07 Å². The highest BCUT2D eigenvalue weighted by Gasteiger charge is 2.15. The summed E-state index contributed by atoms with van der Waals surface area (Å²) < 4.78 is 1.49. The molecule has 1 heterocycles. The van der Waals surface area contributed by atoms with Gasteiger partial charge in [-0.2, -0.15) is 10.4 Å². The quantitative estimate of drug-likeness (QED) is 0.901. The third-order valence-corrected chi connectivity index (χ3v) is 3.15. The van der Waals surface area contributed by atoms with Crippen LogP contribution in [0.25, 0.3) is 0 Å². The van der Waals surface area contributed by atoms with Crippen LogP contribution in [0.5, 0.6) is 0 Å². The number of carbonyl (C=O) groups is 1. The molecule has 0 saturated heterocycles. The van der Waals surface area contributed by atoms with Crippen LogP contribution < -0.4 is 5.32 Å². The van der Waals surface area contributed by atoms with Gasteiger partial charge in [0.25, 0.3) is 0 Å². The summed E-state index contributed by atoms with van der Waals surface area (Å²) in [7, 11) is 1.67. The molecule has 0 atom stereocenters. The number of halogens is 1. The van der Waals surface area contributed by atoms with E-state index in [1.54, 1.807) is 25.2 Å². The number of nitrogens with one attached hydrogen (secondary N) is 1. The number of nitriles is 1. The first-order valence-electron chi connectivity index (χ1n) is 5.70. The van der Waals surface area contributed by atoms with Gasteiger partial charge in [0.2, 0.25) is 0 Å². The summed E-state index contributed by atoms with van der Waals surface area (Å²) in [5.74, 6) is -1.03. The van der Waals surface area contributed by atoms with Gasteiger partial charge in [0.15, 0.2) is 0 Å². The largest absolute Gasteiger partial charge is 0.478 e. The SMILES string of the molecule is Cn1ncc(C(=O)O)c1CNc1ccc(C#N)cc1Cl. The molecule has 0 spiro atoms. The molecule has 0 aliphatic rings. The third kappa shape index (κ3) is 2.73. The Bertz CT molecular complexity index is 703. The highest BCUT2D eigenvalue weighted by molar-refractivity contribution is 6.33. The Balaban J connectivity index is 2.19.